The van der Waals surface area contributed by atoms with E-state index in [1.165, 1.54) is 11.3 Å². The Morgan fingerprint density at radius 3 is 2.81 bits per heavy atom. The van der Waals surface area contributed by atoms with Gasteiger partial charge in [-0.3, -0.25) is 4.79 Å². The van der Waals surface area contributed by atoms with Crippen LogP contribution in [-0.4, -0.2) is 19.1 Å². The quantitative estimate of drug-likeness (QED) is 0.681. The zero-order chi connectivity index (χ0) is 15.2. The molecule has 0 atom stereocenters. The zero-order valence-corrected chi connectivity index (χ0v) is 14.8. The van der Waals surface area contributed by atoms with E-state index in [-0.39, 0.29) is 5.91 Å². The Balaban J connectivity index is 1.71. The number of halogens is 3. The number of carbonyl (C=O) groups is 1. The average molecular weight is 409 g/mol. The summed E-state index contributed by atoms with van der Waals surface area (Å²) >= 11 is 16.5. The first-order valence-corrected chi connectivity index (χ1v) is 8.60. The van der Waals surface area contributed by atoms with Crippen molar-refractivity contribution >= 4 is 56.4 Å². The van der Waals surface area contributed by atoms with Crippen LogP contribution in [0.4, 0.5) is 0 Å². The van der Waals surface area contributed by atoms with Gasteiger partial charge in [0.25, 0.3) is 5.91 Å². The lowest BCUT2D eigenvalue weighted by Gasteiger charge is -2.08. The molecule has 1 amide bonds. The molecule has 1 heterocycles. The Bertz CT molecular complexity index is 633. The highest BCUT2D eigenvalue weighted by Gasteiger charge is 2.10. The van der Waals surface area contributed by atoms with Gasteiger partial charge in [0.2, 0.25) is 0 Å². The van der Waals surface area contributed by atoms with Gasteiger partial charge >= 0.3 is 0 Å². The van der Waals surface area contributed by atoms with Crippen molar-refractivity contribution in [2.45, 2.75) is 6.42 Å². The first kappa shape index (κ1) is 16.6. The molecule has 2 rings (SSSR count). The highest BCUT2D eigenvalue weighted by Crippen LogP contribution is 2.27. The Hall–Kier alpha value is -0.750. The number of rotatable bonds is 6. The van der Waals surface area contributed by atoms with E-state index in [0.29, 0.717) is 40.2 Å². The van der Waals surface area contributed by atoms with E-state index in [0.717, 1.165) is 4.47 Å². The van der Waals surface area contributed by atoms with Crippen LogP contribution >= 0.6 is 50.5 Å². The maximum absolute atomic E-state index is 11.8. The minimum Gasteiger partial charge on any atom is -0.492 e. The molecule has 0 unspecified atom stereocenters. The fourth-order valence-electron chi connectivity index (χ4n) is 1.58. The second-order valence-corrected chi connectivity index (χ2v) is 6.74. The van der Waals surface area contributed by atoms with Crippen molar-refractivity contribution < 1.29 is 9.53 Å². The number of amides is 1. The molecule has 2 aromatic rings. The lowest BCUT2D eigenvalue weighted by Crippen LogP contribution is -2.25. The van der Waals surface area contributed by atoms with Crippen molar-refractivity contribution in [3.63, 3.8) is 0 Å². The van der Waals surface area contributed by atoms with Crippen LogP contribution in [0.25, 0.3) is 0 Å². The van der Waals surface area contributed by atoms with Gasteiger partial charge in [-0.1, -0.05) is 23.2 Å². The van der Waals surface area contributed by atoms with Crippen molar-refractivity contribution in [3.8, 4) is 5.75 Å². The van der Waals surface area contributed by atoms with Crippen molar-refractivity contribution in [3.05, 3.63) is 49.0 Å². The highest BCUT2D eigenvalue weighted by molar-refractivity contribution is 9.10. The van der Waals surface area contributed by atoms with Crippen molar-refractivity contribution in [2.24, 2.45) is 0 Å². The van der Waals surface area contributed by atoms with E-state index >= 15 is 0 Å². The predicted octanol–water partition coefficient (Wildman–Crippen LogP) is 5.02. The lowest BCUT2D eigenvalue weighted by molar-refractivity contribution is 0.0955. The van der Waals surface area contributed by atoms with Crippen LogP contribution in [0.15, 0.2) is 34.1 Å². The molecule has 0 aliphatic carbocycles. The van der Waals surface area contributed by atoms with Gasteiger partial charge in [0, 0.05) is 16.0 Å². The molecular weight excluding hydrogens is 397 g/mol. The van der Waals surface area contributed by atoms with Crippen LogP contribution in [-0.2, 0) is 0 Å². The lowest BCUT2D eigenvalue weighted by atomic mass is 10.3. The summed E-state index contributed by atoms with van der Waals surface area (Å²) < 4.78 is 6.35. The molecule has 0 saturated carbocycles. The summed E-state index contributed by atoms with van der Waals surface area (Å²) in [6.07, 6.45) is 0.688. The van der Waals surface area contributed by atoms with Crippen molar-refractivity contribution in [1.82, 2.24) is 5.32 Å². The second kappa shape index (κ2) is 8.03. The Morgan fingerprint density at radius 1 is 1.33 bits per heavy atom. The maximum Gasteiger partial charge on any atom is 0.262 e. The molecule has 0 saturated heterocycles. The van der Waals surface area contributed by atoms with Crippen LogP contribution in [0.1, 0.15) is 16.1 Å². The highest BCUT2D eigenvalue weighted by atomic mass is 79.9. The van der Waals surface area contributed by atoms with Gasteiger partial charge in [-0.15, -0.1) is 11.3 Å². The van der Waals surface area contributed by atoms with Crippen LogP contribution < -0.4 is 10.1 Å². The Morgan fingerprint density at radius 2 is 2.14 bits per heavy atom. The minimum atomic E-state index is -0.0820. The normalized spacial score (nSPS) is 10.4. The molecule has 1 N–H and O–H groups in total. The average Bonchev–Trinajstić information content (AvgIpc) is 2.86. The summed E-state index contributed by atoms with van der Waals surface area (Å²) in [5.74, 6) is 0.509. The monoisotopic (exact) mass is 407 g/mol. The third-order valence-corrected chi connectivity index (χ3v) is 4.95. The third-order valence-electron chi connectivity index (χ3n) is 2.58. The SMILES string of the molecule is O=C(NCCCOc1ccc(Cl)cc1Cl)c1sccc1Br. The van der Waals surface area contributed by atoms with Gasteiger partial charge in [-0.25, -0.2) is 0 Å². The van der Waals surface area contributed by atoms with E-state index < -0.39 is 0 Å². The first-order valence-electron chi connectivity index (χ1n) is 6.17. The molecule has 0 bridgehead atoms. The molecule has 7 heteroatoms. The summed E-state index contributed by atoms with van der Waals surface area (Å²) in [6.45, 7) is 1.00. The van der Waals surface area contributed by atoms with E-state index in [1.54, 1.807) is 18.2 Å². The van der Waals surface area contributed by atoms with Crippen LogP contribution in [0.3, 0.4) is 0 Å². The summed E-state index contributed by atoms with van der Waals surface area (Å²) in [5, 5.41) is 5.76. The number of hydrogen-bond donors (Lipinski definition) is 1. The number of ether oxygens (including phenoxy) is 1. The van der Waals surface area contributed by atoms with Crippen LogP contribution in [0, 0.1) is 0 Å². The summed E-state index contributed by atoms with van der Waals surface area (Å²) in [5.41, 5.74) is 0. The zero-order valence-electron chi connectivity index (χ0n) is 10.9. The number of benzene rings is 1. The van der Waals surface area contributed by atoms with Crippen LogP contribution in [0.5, 0.6) is 5.75 Å². The van der Waals surface area contributed by atoms with Crippen LogP contribution in [0.2, 0.25) is 10.0 Å². The third kappa shape index (κ3) is 4.88. The molecule has 0 fully saturated rings. The number of hydrogen-bond acceptors (Lipinski definition) is 3. The molecule has 112 valence electrons. The van der Waals surface area contributed by atoms with Gasteiger partial charge in [0.15, 0.2) is 0 Å². The van der Waals surface area contributed by atoms with Gasteiger partial charge in [0.1, 0.15) is 10.6 Å². The largest absolute Gasteiger partial charge is 0.492 e. The van der Waals surface area contributed by atoms with Gasteiger partial charge in [-0.2, -0.15) is 0 Å². The summed E-state index contributed by atoms with van der Waals surface area (Å²) in [4.78, 5) is 12.5. The van der Waals surface area contributed by atoms with Gasteiger partial charge in [-0.05, 0) is 52.0 Å². The predicted molar refractivity (Wildman–Crippen MR) is 90.9 cm³/mol. The number of thiophene rings is 1. The first-order chi connectivity index (χ1) is 10.1. The Kier molecular flexibility index (Phi) is 6.36. The van der Waals surface area contributed by atoms with E-state index in [9.17, 15) is 4.79 Å². The Labute approximate surface area is 145 Å². The molecule has 1 aromatic heterocycles. The fraction of sp³-hybridized carbons (Fsp3) is 0.214. The second-order valence-electron chi connectivity index (χ2n) is 4.13. The molecule has 1 aromatic carbocycles. The minimum absolute atomic E-state index is 0.0820. The molecule has 0 spiro atoms. The van der Waals surface area contributed by atoms with E-state index in [4.69, 9.17) is 27.9 Å². The summed E-state index contributed by atoms with van der Waals surface area (Å²) in [7, 11) is 0. The maximum atomic E-state index is 11.8. The smallest absolute Gasteiger partial charge is 0.262 e. The number of carbonyl (C=O) groups excluding carboxylic acids is 1. The van der Waals surface area contributed by atoms with Gasteiger partial charge < -0.3 is 10.1 Å². The standard InChI is InChI=1S/C14H12BrCl2NO2S/c15-10-4-7-21-13(10)14(19)18-5-1-6-20-12-3-2-9(16)8-11(12)17/h2-4,7-8H,1,5-6H2,(H,18,19). The molecule has 0 aliphatic rings. The molecular formula is C14H12BrCl2NO2S. The molecule has 0 radical (unpaired) electrons. The molecule has 3 nitrogen and oxygen atoms in total. The summed E-state index contributed by atoms with van der Waals surface area (Å²) in [6, 6.07) is 6.94. The topological polar surface area (TPSA) is 38.3 Å². The van der Waals surface area contributed by atoms with Crippen molar-refractivity contribution in [1.29, 1.82) is 0 Å². The van der Waals surface area contributed by atoms with E-state index in [2.05, 4.69) is 21.2 Å². The van der Waals surface area contributed by atoms with Gasteiger partial charge in [0.05, 0.1) is 11.6 Å². The molecule has 0 aliphatic heterocycles. The van der Waals surface area contributed by atoms with Crippen molar-refractivity contribution in [2.75, 3.05) is 13.2 Å². The number of nitrogens with one attached hydrogen (secondary N) is 1. The fourth-order valence-corrected chi connectivity index (χ4v) is 3.52. The molecule has 21 heavy (non-hydrogen) atoms. The van der Waals surface area contributed by atoms with E-state index in [1.807, 2.05) is 11.4 Å².